The Morgan fingerprint density at radius 3 is 2.69 bits per heavy atom. The van der Waals surface area contributed by atoms with Gasteiger partial charge in [-0.15, -0.1) is 0 Å². The molecule has 8 nitrogen and oxygen atoms in total. The SMILES string of the molecule is CN(C)c1cc(C(=O)N[C@@H]2CCC(=O)N(C)[C@H]2c2ccnn2C)ccn1. The van der Waals surface area contributed by atoms with Crippen LogP contribution in [0.4, 0.5) is 5.82 Å². The molecule has 0 spiro atoms. The zero-order valence-corrected chi connectivity index (χ0v) is 15.5. The molecule has 26 heavy (non-hydrogen) atoms. The molecule has 1 aliphatic heterocycles. The number of likely N-dealkylation sites (N-methyl/N-ethyl adjacent to an activating group) is 1. The zero-order valence-electron chi connectivity index (χ0n) is 15.5. The van der Waals surface area contributed by atoms with Crippen molar-refractivity contribution in [2.75, 3.05) is 26.0 Å². The Morgan fingerprint density at radius 2 is 2.04 bits per heavy atom. The summed E-state index contributed by atoms with van der Waals surface area (Å²) in [4.78, 5) is 32.8. The maximum Gasteiger partial charge on any atom is 0.251 e. The lowest BCUT2D eigenvalue weighted by Crippen LogP contribution is -2.51. The van der Waals surface area contributed by atoms with Crippen LogP contribution in [0.2, 0.25) is 0 Å². The summed E-state index contributed by atoms with van der Waals surface area (Å²) in [7, 11) is 7.37. The van der Waals surface area contributed by atoms with Crippen LogP contribution in [0.5, 0.6) is 0 Å². The van der Waals surface area contributed by atoms with E-state index < -0.39 is 0 Å². The van der Waals surface area contributed by atoms with Crippen molar-refractivity contribution in [2.24, 2.45) is 7.05 Å². The van der Waals surface area contributed by atoms with Crippen LogP contribution in [0.15, 0.2) is 30.6 Å². The number of anilines is 1. The van der Waals surface area contributed by atoms with Crippen LogP contribution in [-0.2, 0) is 11.8 Å². The largest absolute Gasteiger partial charge is 0.363 e. The van der Waals surface area contributed by atoms with Crippen molar-refractivity contribution in [3.63, 3.8) is 0 Å². The van der Waals surface area contributed by atoms with Crippen LogP contribution in [0, 0.1) is 0 Å². The fraction of sp³-hybridized carbons (Fsp3) is 0.444. The predicted molar refractivity (Wildman–Crippen MR) is 97.8 cm³/mol. The number of carbonyl (C=O) groups excluding carboxylic acids is 2. The van der Waals surface area contributed by atoms with Gasteiger partial charge in [-0.1, -0.05) is 0 Å². The number of likely N-dealkylation sites (tertiary alicyclic amines) is 1. The Hall–Kier alpha value is -2.90. The number of piperidine rings is 1. The van der Waals surface area contributed by atoms with Gasteiger partial charge in [-0.05, 0) is 24.6 Å². The van der Waals surface area contributed by atoms with Gasteiger partial charge in [-0.3, -0.25) is 14.3 Å². The number of amides is 2. The molecular formula is C18H24N6O2. The molecule has 0 bridgehead atoms. The standard InChI is InChI=1S/C18H24N6O2/c1-22(2)15-11-12(7-9-19-15)18(26)21-13-5-6-16(25)23(3)17(13)14-8-10-20-24(14)4/h7-11,13,17H,5-6H2,1-4H3,(H,21,26)/t13-,17-/m1/s1. The van der Waals surface area contributed by atoms with Gasteiger partial charge in [0.1, 0.15) is 5.82 Å². The highest BCUT2D eigenvalue weighted by Gasteiger charge is 2.37. The Kier molecular flexibility index (Phi) is 4.92. The van der Waals surface area contributed by atoms with Gasteiger partial charge in [-0.2, -0.15) is 5.10 Å². The summed E-state index contributed by atoms with van der Waals surface area (Å²) in [6.45, 7) is 0. The molecule has 138 valence electrons. The van der Waals surface area contributed by atoms with E-state index in [1.54, 1.807) is 41.2 Å². The summed E-state index contributed by atoms with van der Waals surface area (Å²) in [5.74, 6) is 0.618. The molecule has 3 rings (SSSR count). The first-order valence-electron chi connectivity index (χ1n) is 8.56. The molecular weight excluding hydrogens is 332 g/mol. The van der Waals surface area contributed by atoms with E-state index in [4.69, 9.17) is 0 Å². The van der Waals surface area contributed by atoms with Gasteiger partial charge >= 0.3 is 0 Å². The molecule has 1 saturated heterocycles. The highest BCUT2D eigenvalue weighted by atomic mass is 16.2. The van der Waals surface area contributed by atoms with Crippen LogP contribution in [0.25, 0.3) is 0 Å². The lowest BCUT2D eigenvalue weighted by atomic mass is 9.93. The first-order chi connectivity index (χ1) is 12.4. The maximum absolute atomic E-state index is 12.8. The molecule has 2 aromatic rings. The average molecular weight is 356 g/mol. The Labute approximate surface area is 152 Å². The molecule has 3 heterocycles. The molecule has 0 aromatic carbocycles. The van der Waals surface area contributed by atoms with Crippen LogP contribution in [-0.4, -0.2) is 58.7 Å². The number of hydrogen-bond acceptors (Lipinski definition) is 5. The molecule has 8 heteroatoms. The topological polar surface area (TPSA) is 83.4 Å². The number of pyridine rings is 1. The van der Waals surface area contributed by atoms with Gasteiger partial charge in [0, 0.05) is 52.6 Å². The molecule has 1 N–H and O–H groups in total. The number of nitrogens with one attached hydrogen (secondary N) is 1. The van der Waals surface area contributed by atoms with E-state index in [9.17, 15) is 9.59 Å². The zero-order chi connectivity index (χ0) is 18.8. The van der Waals surface area contributed by atoms with Crippen molar-refractivity contribution < 1.29 is 9.59 Å². The van der Waals surface area contributed by atoms with Crippen molar-refractivity contribution in [2.45, 2.75) is 24.9 Å². The van der Waals surface area contributed by atoms with Gasteiger partial charge in [0.15, 0.2) is 0 Å². The molecule has 0 radical (unpaired) electrons. The lowest BCUT2D eigenvalue weighted by molar-refractivity contribution is -0.136. The van der Waals surface area contributed by atoms with E-state index >= 15 is 0 Å². The van der Waals surface area contributed by atoms with Gasteiger partial charge < -0.3 is 15.1 Å². The molecule has 2 atom stereocenters. The number of carbonyl (C=O) groups is 2. The third kappa shape index (κ3) is 3.40. The van der Waals surface area contributed by atoms with Gasteiger partial charge in [-0.25, -0.2) is 4.98 Å². The van der Waals surface area contributed by atoms with Crippen LogP contribution in [0.1, 0.15) is 34.9 Å². The van der Waals surface area contributed by atoms with E-state index in [1.807, 2.05) is 32.1 Å². The Morgan fingerprint density at radius 1 is 1.27 bits per heavy atom. The van der Waals surface area contributed by atoms with Gasteiger partial charge in [0.05, 0.1) is 17.8 Å². The number of aryl methyl sites for hydroxylation is 1. The smallest absolute Gasteiger partial charge is 0.251 e. The second-order valence-corrected chi connectivity index (χ2v) is 6.74. The van der Waals surface area contributed by atoms with E-state index in [0.717, 1.165) is 11.5 Å². The molecule has 1 fully saturated rings. The minimum atomic E-state index is -0.247. The van der Waals surface area contributed by atoms with E-state index in [0.29, 0.717) is 18.4 Å². The fourth-order valence-corrected chi connectivity index (χ4v) is 3.32. The Balaban J connectivity index is 1.85. The third-order valence-corrected chi connectivity index (χ3v) is 4.81. The quantitative estimate of drug-likeness (QED) is 0.883. The number of aromatic nitrogens is 3. The summed E-state index contributed by atoms with van der Waals surface area (Å²) in [5.41, 5.74) is 1.45. The van der Waals surface area contributed by atoms with Crippen LogP contribution >= 0.6 is 0 Å². The second-order valence-electron chi connectivity index (χ2n) is 6.74. The molecule has 0 aliphatic carbocycles. The molecule has 2 aromatic heterocycles. The van der Waals surface area contributed by atoms with Crippen molar-refractivity contribution in [3.05, 3.63) is 41.9 Å². The summed E-state index contributed by atoms with van der Waals surface area (Å²) in [5, 5.41) is 7.30. The van der Waals surface area contributed by atoms with E-state index in [-0.39, 0.29) is 23.9 Å². The maximum atomic E-state index is 12.8. The monoisotopic (exact) mass is 356 g/mol. The first kappa shape index (κ1) is 17.9. The highest BCUT2D eigenvalue weighted by molar-refractivity contribution is 5.95. The van der Waals surface area contributed by atoms with E-state index in [2.05, 4.69) is 15.4 Å². The van der Waals surface area contributed by atoms with E-state index in [1.165, 1.54) is 0 Å². The van der Waals surface area contributed by atoms with Gasteiger partial charge in [0.2, 0.25) is 5.91 Å². The molecule has 0 unspecified atom stereocenters. The highest BCUT2D eigenvalue weighted by Crippen LogP contribution is 2.30. The average Bonchev–Trinajstić information content (AvgIpc) is 3.04. The predicted octanol–water partition coefficient (Wildman–Crippen LogP) is 0.973. The van der Waals surface area contributed by atoms with Crippen LogP contribution in [0.3, 0.4) is 0 Å². The van der Waals surface area contributed by atoms with Crippen molar-refractivity contribution in [1.82, 2.24) is 25.0 Å². The Bertz CT molecular complexity index is 816. The van der Waals surface area contributed by atoms with Crippen molar-refractivity contribution in [1.29, 1.82) is 0 Å². The fourth-order valence-electron chi connectivity index (χ4n) is 3.32. The second kappa shape index (κ2) is 7.15. The summed E-state index contributed by atoms with van der Waals surface area (Å²) < 4.78 is 1.75. The minimum absolute atomic E-state index is 0.0699. The number of rotatable bonds is 4. The molecule has 2 amide bonds. The summed E-state index contributed by atoms with van der Waals surface area (Å²) in [6.07, 6.45) is 4.33. The number of nitrogens with zero attached hydrogens (tertiary/aromatic N) is 5. The van der Waals surface area contributed by atoms with Gasteiger partial charge in [0.25, 0.3) is 5.91 Å². The lowest BCUT2D eigenvalue weighted by Gasteiger charge is -2.39. The van der Waals surface area contributed by atoms with Crippen LogP contribution < -0.4 is 10.2 Å². The summed E-state index contributed by atoms with van der Waals surface area (Å²) >= 11 is 0. The molecule has 0 saturated carbocycles. The van der Waals surface area contributed by atoms with Crippen molar-refractivity contribution >= 4 is 17.6 Å². The third-order valence-electron chi connectivity index (χ3n) is 4.81. The summed E-state index contributed by atoms with van der Waals surface area (Å²) in [6, 6.07) is 4.90. The minimum Gasteiger partial charge on any atom is -0.363 e. The number of hydrogen-bond donors (Lipinski definition) is 1. The first-order valence-corrected chi connectivity index (χ1v) is 8.56. The normalized spacial score (nSPS) is 20.2. The van der Waals surface area contributed by atoms with Crippen molar-refractivity contribution in [3.8, 4) is 0 Å². The molecule has 1 aliphatic rings.